The number of hydrogen-bond donors (Lipinski definition) is 9. The van der Waals surface area contributed by atoms with Crippen LogP contribution in [0.3, 0.4) is 0 Å². The zero-order valence-corrected chi connectivity index (χ0v) is 39.6. The van der Waals surface area contributed by atoms with Gasteiger partial charge in [-0.05, 0) is 83.5 Å². The van der Waals surface area contributed by atoms with Gasteiger partial charge in [-0.25, -0.2) is 0 Å². The number of rotatable bonds is 35. The van der Waals surface area contributed by atoms with Crippen molar-refractivity contribution in [2.24, 2.45) is 0 Å². The summed E-state index contributed by atoms with van der Waals surface area (Å²) in [5.41, 5.74) is 0. The van der Waals surface area contributed by atoms with Crippen LogP contribution in [-0.2, 0) is 23.7 Å². The zero-order chi connectivity index (χ0) is 48.2. The molecular weight excluding hydrogens is 847 g/mol. The summed E-state index contributed by atoms with van der Waals surface area (Å²) >= 11 is 0. The van der Waals surface area contributed by atoms with Crippen LogP contribution in [0.4, 0.5) is 0 Å². The average Bonchev–Trinajstić information content (AvgIpc) is 3.31. The molecule has 12 atom stereocenters. The minimum absolute atomic E-state index is 0.186. The third-order valence-corrected chi connectivity index (χ3v) is 11.2. The van der Waals surface area contributed by atoms with Crippen LogP contribution in [0.15, 0.2) is 97.2 Å². The number of unbranched alkanes of at least 4 members (excludes halogenated alkanes) is 8. The molecule has 0 aromatic rings. The Kier molecular flexibility index (Phi) is 33.8. The lowest BCUT2D eigenvalue weighted by Crippen LogP contribution is -2.65. The van der Waals surface area contributed by atoms with Gasteiger partial charge in [0.2, 0.25) is 5.91 Å². The maximum atomic E-state index is 13.1. The molecule has 2 rings (SSSR count). The van der Waals surface area contributed by atoms with E-state index < -0.39 is 86.8 Å². The Morgan fingerprint density at radius 3 is 1.65 bits per heavy atom. The van der Waals surface area contributed by atoms with Crippen LogP contribution < -0.4 is 5.32 Å². The fraction of sp³-hybridized carbons (Fsp3) is 0.673. The van der Waals surface area contributed by atoms with E-state index in [0.717, 1.165) is 57.8 Å². The van der Waals surface area contributed by atoms with E-state index in [1.54, 1.807) is 6.08 Å². The van der Waals surface area contributed by atoms with Crippen molar-refractivity contribution in [2.75, 3.05) is 19.8 Å². The van der Waals surface area contributed by atoms with Gasteiger partial charge >= 0.3 is 0 Å². The predicted molar refractivity (Wildman–Crippen MR) is 258 cm³/mol. The maximum absolute atomic E-state index is 13.1. The molecule has 2 fully saturated rings. The second kappa shape index (κ2) is 37.8. The van der Waals surface area contributed by atoms with Crippen LogP contribution in [0.2, 0.25) is 0 Å². The molecule has 2 saturated heterocycles. The van der Waals surface area contributed by atoms with Crippen molar-refractivity contribution >= 4 is 5.91 Å². The van der Waals surface area contributed by atoms with E-state index in [-0.39, 0.29) is 18.9 Å². The third-order valence-electron chi connectivity index (χ3n) is 11.2. The fourth-order valence-corrected chi connectivity index (χ4v) is 7.24. The smallest absolute Gasteiger partial charge is 0.220 e. The molecule has 14 heteroatoms. The number of aliphatic hydroxyl groups is 8. The van der Waals surface area contributed by atoms with E-state index >= 15 is 0 Å². The number of carbonyl (C=O) groups excluding carboxylic acids is 1. The van der Waals surface area contributed by atoms with Crippen molar-refractivity contribution in [1.82, 2.24) is 5.32 Å². The normalized spacial score (nSPS) is 27.7. The maximum Gasteiger partial charge on any atom is 0.220 e. The minimum Gasteiger partial charge on any atom is -0.394 e. The first-order chi connectivity index (χ1) is 32.1. The highest BCUT2D eigenvalue weighted by Crippen LogP contribution is 2.30. The number of ether oxygens (including phenoxy) is 4. The van der Waals surface area contributed by atoms with Crippen LogP contribution >= 0.6 is 0 Å². The molecule has 0 bridgehead atoms. The SMILES string of the molecule is CC/C=C\C/C=C\C/C=C\C/C=C\C/C=C\CCCC(=O)NC(COC1OC(CO)C(OC2OC(CO)C(O)C(O)C2O)C(O)C1O)C(O)/C=C/CC/C=C/CC/C=C/CCCCCCC. The molecule has 14 nitrogen and oxygen atoms in total. The van der Waals surface area contributed by atoms with Gasteiger partial charge in [0.1, 0.15) is 48.8 Å². The molecule has 66 heavy (non-hydrogen) atoms. The Labute approximate surface area is 394 Å². The summed E-state index contributed by atoms with van der Waals surface area (Å²) in [5.74, 6) is -0.316. The number of allylic oxidation sites excluding steroid dienone is 15. The van der Waals surface area contributed by atoms with Gasteiger partial charge in [0.25, 0.3) is 0 Å². The molecular formula is C52H85NO13. The van der Waals surface area contributed by atoms with Crippen molar-refractivity contribution in [3.63, 3.8) is 0 Å². The van der Waals surface area contributed by atoms with Crippen LogP contribution in [0.5, 0.6) is 0 Å². The molecule has 0 spiro atoms. The van der Waals surface area contributed by atoms with Gasteiger partial charge in [0.05, 0.1) is 32.0 Å². The lowest BCUT2D eigenvalue weighted by molar-refractivity contribution is -0.359. The third kappa shape index (κ3) is 24.8. The molecule has 376 valence electrons. The number of hydrogen-bond acceptors (Lipinski definition) is 13. The second-order valence-electron chi connectivity index (χ2n) is 16.8. The van der Waals surface area contributed by atoms with Gasteiger partial charge in [-0.2, -0.15) is 0 Å². The molecule has 12 unspecified atom stereocenters. The Morgan fingerprint density at radius 1 is 0.561 bits per heavy atom. The first kappa shape index (κ1) is 59.0. The van der Waals surface area contributed by atoms with Crippen LogP contribution in [0.25, 0.3) is 0 Å². The van der Waals surface area contributed by atoms with Crippen molar-refractivity contribution in [3.05, 3.63) is 97.2 Å². The quantitative estimate of drug-likeness (QED) is 0.0264. The topological polar surface area (TPSA) is 228 Å². The van der Waals surface area contributed by atoms with Gasteiger partial charge in [0, 0.05) is 6.42 Å². The summed E-state index contributed by atoms with van der Waals surface area (Å²) in [6.45, 7) is 2.55. The van der Waals surface area contributed by atoms with Gasteiger partial charge < -0.3 is 65.1 Å². The summed E-state index contributed by atoms with van der Waals surface area (Å²) in [7, 11) is 0. The average molecular weight is 932 g/mol. The number of aliphatic hydroxyl groups excluding tert-OH is 8. The first-order valence-electron chi connectivity index (χ1n) is 24.5. The monoisotopic (exact) mass is 932 g/mol. The summed E-state index contributed by atoms with van der Waals surface area (Å²) < 4.78 is 22.6. The lowest BCUT2D eigenvalue weighted by atomic mass is 9.97. The van der Waals surface area contributed by atoms with E-state index in [4.69, 9.17) is 18.9 Å². The largest absolute Gasteiger partial charge is 0.394 e. The minimum atomic E-state index is -1.80. The van der Waals surface area contributed by atoms with Crippen molar-refractivity contribution < 1.29 is 64.6 Å². The van der Waals surface area contributed by atoms with Gasteiger partial charge in [-0.1, -0.05) is 137 Å². The molecule has 0 aromatic carbocycles. The Morgan fingerprint density at radius 2 is 1.06 bits per heavy atom. The van der Waals surface area contributed by atoms with E-state index in [1.165, 1.54) is 32.1 Å². The van der Waals surface area contributed by atoms with Gasteiger partial charge in [-0.3, -0.25) is 4.79 Å². The molecule has 9 N–H and O–H groups in total. The number of amides is 1. The molecule has 0 radical (unpaired) electrons. The van der Waals surface area contributed by atoms with Crippen molar-refractivity contribution in [2.45, 2.75) is 203 Å². The Bertz CT molecular complexity index is 1470. The van der Waals surface area contributed by atoms with E-state index in [0.29, 0.717) is 19.3 Å². The summed E-state index contributed by atoms with van der Waals surface area (Å²) in [4.78, 5) is 13.1. The highest BCUT2D eigenvalue weighted by atomic mass is 16.7. The molecule has 2 heterocycles. The van der Waals surface area contributed by atoms with Crippen LogP contribution in [-0.4, -0.2) is 140 Å². The Balaban J connectivity index is 1.93. The molecule has 2 aliphatic rings. The number of nitrogens with one attached hydrogen (secondary N) is 1. The van der Waals surface area contributed by atoms with E-state index in [1.807, 2.05) is 12.2 Å². The molecule has 1 amide bonds. The molecule has 0 aliphatic carbocycles. The first-order valence-corrected chi connectivity index (χ1v) is 24.5. The number of carbonyl (C=O) groups is 1. The lowest BCUT2D eigenvalue weighted by Gasteiger charge is -2.46. The van der Waals surface area contributed by atoms with E-state index in [9.17, 15) is 45.6 Å². The van der Waals surface area contributed by atoms with E-state index in [2.05, 4.69) is 98.2 Å². The van der Waals surface area contributed by atoms with Crippen LogP contribution in [0, 0.1) is 0 Å². The standard InChI is InChI=1S/C52H85NO13/c1-3-5-7-9-11-13-15-17-19-20-22-24-26-28-30-32-34-36-44(57)53-40(41(56)35-33-31-29-27-25-23-21-18-16-14-12-10-8-6-4-2)39-63-51-49(62)47(60)50(43(38-55)65-51)66-52-48(61)46(59)45(58)42(37-54)64-52/h5,7,11,13,16-19,22,24-25,27-28,30,33,35,40-43,45-52,54-56,58-62H,3-4,6,8-10,12,14-15,20-21,23,26,29,31-32,34,36-39H2,1-2H3,(H,53,57)/b7-5-,13-11-,18-16+,19-17-,24-22-,27-25+,30-28-,35-33+. The predicted octanol–water partition coefficient (Wildman–Crippen LogP) is 5.98. The summed E-state index contributed by atoms with van der Waals surface area (Å²) in [5, 5.41) is 86.6. The summed E-state index contributed by atoms with van der Waals surface area (Å²) in [6.07, 6.45) is 33.1. The van der Waals surface area contributed by atoms with Crippen molar-refractivity contribution in [1.29, 1.82) is 0 Å². The van der Waals surface area contributed by atoms with Crippen LogP contribution in [0.1, 0.15) is 129 Å². The van der Waals surface area contributed by atoms with Crippen molar-refractivity contribution in [3.8, 4) is 0 Å². The van der Waals surface area contributed by atoms with Gasteiger partial charge in [0.15, 0.2) is 12.6 Å². The molecule has 0 aromatic heterocycles. The highest BCUT2D eigenvalue weighted by Gasteiger charge is 2.51. The second-order valence-corrected chi connectivity index (χ2v) is 16.8. The fourth-order valence-electron chi connectivity index (χ4n) is 7.24. The Hall–Kier alpha value is -3.09. The zero-order valence-electron chi connectivity index (χ0n) is 39.6. The molecule has 2 aliphatic heterocycles. The highest BCUT2D eigenvalue weighted by molar-refractivity contribution is 5.76. The molecule has 0 saturated carbocycles. The summed E-state index contributed by atoms with van der Waals surface area (Å²) in [6, 6.07) is -0.972. The van der Waals surface area contributed by atoms with Gasteiger partial charge in [-0.15, -0.1) is 0 Å².